The molecule has 0 unspecified atom stereocenters. The van der Waals surface area contributed by atoms with Gasteiger partial charge in [0, 0.05) is 28.6 Å². The smallest absolute Gasteiger partial charge is 0.250 e. The standard InChI is InChI=1S/C20H36N4OSi/c1-20(2,3)26(4,5)25-18-7-6-17-19(15(18)9-12-22)14(8-11-21)16(24-17)10-13-23/h6-7,24H,8-13,21-23H2,1-5H3. The van der Waals surface area contributed by atoms with Gasteiger partial charge in [0.15, 0.2) is 0 Å². The summed E-state index contributed by atoms with van der Waals surface area (Å²) in [5.74, 6) is 0.978. The van der Waals surface area contributed by atoms with Crippen LogP contribution >= 0.6 is 0 Å². The lowest BCUT2D eigenvalue weighted by Crippen LogP contribution is -2.44. The van der Waals surface area contributed by atoms with Crippen molar-refractivity contribution >= 4 is 19.2 Å². The van der Waals surface area contributed by atoms with Crippen LogP contribution in [0, 0.1) is 0 Å². The molecule has 0 spiro atoms. The third-order valence-corrected chi connectivity index (χ3v) is 9.92. The first-order valence-corrected chi connectivity index (χ1v) is 12.5. The van der Waals surface area contributed by atoms with Crippen molar-refractivity contribution < 1.29 is 4.43 Å². The first kappa shape index (κ1) is 21.0. The monoisotopic (exact) mass is 376 g/mol. The van der Waals surface area contributed by atoms with Crippen LogP contribution in [0.3, 0.4) is 0 Å². The number of rotatable bonds is 8. The van der Waals surface area contributed by atoms with Crippen molar-refractivity contribution in [3.05, 3.63) is 29.0 Å². The molecule has 2 rings (SSSR count). The van der Waals surface area contributed by atoms with Crippen molar-refractivity contribution in [1.29, 1.82) is 0 Å². The number of benzene rings is 1. The summed E-state index contributed by atoms with van der Waals surface area (Å²) < 4.78 is 6.67. The first-order valence-electron chi connectivity index (χ1n) is 9.60. The molecule has 1 heterocycles. The molecule has 0 aliphatic rings. The lowest BCUT2D eigenvalue weighted by molar-refractivity contribution is 0.488. The van der Waals surface area contributed by atoms with E-state index in [4.69, 9.17) is 21.6 Å². The van der Waals surface area contributed by atoms with Crippen LogP contribution in [0.15, 0.2) is 12.1 Å². The van der Waals surface area contributed by atoms with Crippen LogP contribution in [0.1, 0.15) is 37.6 Å². The molecule has 0 amide bonds. The van der Waals surface area contributed by atoms with E-state index in [1.165, 1.54) is 22.2 Å². The molecule has 0 saturated carbocycles. The Morgan fingerprint density at radius 1 is 0.923 bits per heavy atom. The maximum absolute atomic E-state index is 6.67. The second kappa shape index (κ2) is 8.13. The summed E-state index contributed by atoms with van der Waals surface area (Å²) in [6.45, 7) is 13.2. The highest BCUT2D eigenvalue weighted by molar-refractivity contribution is 6.74. The molecule has 2 aromatic rings. The van der Waals surface area contributed by atoms with Crippen molar-refractivity contribution in [2.24, 2.45) is 17.2 Å². The van der Waals surface area contributed by atoms with Crippen molar-refractivity contribution in [2.75, 3.05) is 19.6 Å². The molecular weight excluding hydrogens is 340 g/mol. The van der Waals surface area contributed by atoms with Gasteiger partial charge in [-0.3, -0.25) is 0 Å². The number of nitrogens with one attached hydrogen (secondary N) is 1. The SMILES string of the molecule is CC(C)(C)[Si](C)(C)Oc1ccc2[nH]c(CCN)c(CCN)c2c1CCN. The molecule has 1 aromatic carbocycles. The molecule has 6 heteroatoms. The maximum atomic E-state index is 6.67. The fraction of sp³-hybridized carbons (Fsp3) is 0.600. The van der Waals surface area contributed by atoms with Gasteiger partial charge in [-0.2, -0.15) is 0 Å². The fourth-order valence-electron chi connectivity index (χ4n) is 3.16. The van der Waals surface area contributed by atoms with E-state index in [-0.39, 0.29) is 5.04 Å². The van der Waals surface area contributed by atoms with E-state index in [1.807, 2.05) is 0 Å². The van der Waals surface area contributed by atoms with Gasteiger partial charge in [0.1, 0.15) is 5.75 Å². The second-order valence-corrected chi connectivity index (χ2v) is 13.3. The topological polar surface area (TPSA) is 103 Å². The molecule has 0 saturated heterocycles. The number of aromatic nitrogens is 1. The predicted molar refractivity (Wildman–Crippen MR) is 114 cm³/mol. The molecule has 0 fully saturated rings. The van der Waals surface area contributed by atoms with Crippen LogP contribution in [0.2, 0.25) is 18.1 Å². The summed E-state index contributed by atoms with van der Waals surface area (Å²) in [4.78, 5) is 3.55. The summed E-state index contributed by atoms with van der Waals surface area (Å²) in [6, 6.07) is 4.22. The van der Waals surface area contributed by atoms with Crippen LogP contribution in [0.4, 0.5) is 0 Å². The Kier molecular flexibility index (Phi) is 6.55. The van der Waals surface area contributed by atoms with Crippen LogP contribution in [0.25, 0.3) is 10.9 Å². The number of fused-ring (bicyclic) bond motifs is 1. The third kappa shape index (κ3) is 4.14. The van der Waals surface area contributed by atoms with E-state index in [1.54, 1.807) is 0 Å². The summed E-state index contributed by atoms with van der Waals surface area (Å²) >= 11 is 0. The Morgan fingerprint density at radius 2 is 1.50 bits per heavy atom. The molecule has 146 valence electrons. The van der Waals surface area contributed by atoms with Gasteiger partial charge in [-0.25, -0.2) is 0 Å². The minimum absolute atomic E-state index is 0.144. The quantitative estimate of drug-likeness (QED) is 0.532. The van der Waals surface area contributed by atoms with Crippen molar-refractivity contribution in [1.82, 2.24) is 4.98 Å². The Labute approximate surface area is 158 Å². The Hall–Kier alpha value is -1.34. The number of H-pyrrole nitrogens is 1. The highest BCUT2D eigenvalue weighted by Gasteiger charge is 2.39. The fourth-order valence-corrected chi connectivity index (χ4v) is 4.21. The molecule has 0 bridgehead atoms. The lowest BCUT2D eigenvalue weighted by atomic mass is 9.98. The molecule has 7 N–H and O–H groups in total. The summed E-state index contributed by atoms with van der Waals surface area (Å²) in [5.41, 5.74) is 22.5. The largest absolute Gasteiger partial charge is 0.543 e. The highest BCUT2D eigenvalue weighted by Crippen LogP contribution is 2.40. The predicted octanol–water partition coefficient (Wildman–Crippen LogP) is 3.06. The Bertz CT molecular complexity index is 746. The number of nitrogens with two attached hydrogens (primary N) is 3. The number of hydrogen-bond donors (Lipinski definition) is 4. The molecular formula is C20H36N4OSi. The summed E-state index contributed by atoms with van der Waals surface area (Å²) in [6.07, 6.45) is 2.44. The van der Waals surface area contributed by atoms with E-state index in [9.17, 15) is 0 Å². The zero-order chi connectivity index (χ0) is 19.5. The van der Waals surface area contributed by atoms with Crippen molar-refractivity contribution in [3.8, 4) is 5.75 Å². The van der Waals surface area contributed by atoms with E-state index >= 15 is 0 Å². The molecule has 1 aromatic heterocycles. The minimum Gasteiger partial charge on any atom is -0.543 e. The molecule has 5 nitrogen and oxygen atoms in total. The zero-order valence-corrected chi connectivity index (χ0v) is 18.0. The summed E-state index contributed by atoms with van der Waals surface area (Å²) in [7, 11) is -1.93. The van der Waals surface area contributed by atoms with Gasteiger partial charge in [-0.05, 0) is 68.3 Å². The van der Waals surface area contributed by atoms with E-state index in [2.05, 4.69) is 51.0 Å². The lowest BCUT2D eigenvalue weighted by Gasteiger charge is -2.37. The molecule has 26 heavy (non-hydrogen) atoms. The van der Waals surface area contributed by atoms with Crippen molar-refractivity contribution in [3.63, 3.8) is 0 Å². The average molecular weight is 377 g/mol. The third-order valence-electron chi connectivity index (χ3n) is 5.58. The highest BCUT2D eigenvalue weighted by atomic mass is 28.4. The van der Waals surface area contributed by atoms with Gasteiger partial charge in [0.2, 0.25) is 8.32 Å². The second-order valence-electron chi connectivity index (χ2n) is 8.53. The van der Waals surface area contributed by atoms with Crippen LogP contribution in [-0.2, 0) is 19.3 Å². The van der Waals surface area contributed by atoms with Gasteiger partial charge in [-0.1, -0.05) is 20.8 Å². The van der Waals surface area contributed by atoms with Gasteiger partial charge < -0.3 is 26.6 Å². The number of aromatic amines is 1. The van der Waals surface area contributed by atoms with Crippen LogP contribution in [0.5, 0.6) is 5.75 Å². The van der Waals surface area contributed by atoms with E-state index in [0.717, 1.165) is 30.5 Å². The van der Waals surface area contributed by atoms with Crippen LogP contribution < -0.4 is 21.6 Å². The maximum Gasteiger partial charge on any atom is 0.250 e. The first-order chi connectivity index (χ1) is 12.2. The Balaban J connectivity index is 2.65. The Morgan fingerprint density at radius 3 is 2.04 bits per heavy atom. The van der Waals surface area contributed by atoms with Crippen molar-refractivity contribution in [2.45, 2.75) is 58.2 Å². The summed E-state index contributed by atoms with van der Waals surface area (Å²) in [5, 5.41) is 1.38. The van der Waals surface area contributed by atoms with Gasteiger partial charge in [-0.15, -0.1) is 0 Å². The van der Waals surface area contributed by atoms with E-state index < -0.39 is 8.32 Å². The molecule has 0 radical (unpaired) electrons. The molecule has 0 aliphatic heterocycles. The molecule has 0 aliphatic carbocycles. The molecule has 0 atom stereocenters. The van der Waals surface area contributed by atoms with Gasteiger partial charge >= 0.3 is 0 Å². The number of hydrogen-bond acceptors (Lipinski definition) is 4. The minimum atomic E-state index is -1.93. The van der Waals surface area contributed by atoms with Crippen LogP contribution in [-0.4, -0.2) is 32.9 Å². The average Bonchev–Trinajstić information content (AvgIpc) is 2.87. The van der Waals surface area contributed by atoms with Gasteiger partial charge in [0.05, 0.1) is 0 Å². The normalized spacial score (nSPS) is 12.8. The van der Waals surface area contributed by atoms with E-state index in [0.29, 0.717) is 19.6 Å². The van der Waals surface area contributed by atoms with Gasteiger partial charge in [0.25, 0.3) is 0 Å². The zero-order valence-electron chi connectivity index (χ0n) is 17.0.